The van der Waals surface area contributed by atoms with Gasteiger partial charge in [0, 0.05) is 30.9 Å². The van der Waals surface area contributed by atoms with E-state index in [0.29, 0.717) is 33.8 Å². The van der Waals surface area contributed by atoms with Crippen molar-refractivity contribution in [2.75, 3.05) is 49.7 Å². The smallest absolute Gasteiger partial charge is 0.227 e. The molecule has 9 nitrogen and oxygen atoms in total. The zero-order chi connectivity index (χ0) is 50.3. The van der Waals surface area contributed by atoms with Gasteiger partial charge >= 0.3 is 0 Å². The molecule has 0 saturated carbocycles. The average molecular weight is 1010 g/mol. The Bertz CT molecular complexity index is 2050. The Morgan fingerprint density at radius 1 is 0.583 bits per heavy atom. The van der Waals surface area contributed by atoms with Crippen LogP contribution >= 0.6 is 11.6 Å². The molecule has 4 aromatic rings. The van der Waals surface area contributed by atoms with Gasteiger partial charge in [-0.2, -0.15) is 5.10 Å². The lowest BCUT2D eigenvalue weighted by molar-refractivity contribution is 0.0709. The van der Waals surface area contributed by atoms with Crippen molar-refractivity contribution in [1.82, 2.24) is 24.5 Å². The average Bonchev–Trinajstić information content (AvgIpc) is 3.81. The van der Waals surface area contributed by atoms with Crippen molar-refractivity contribution >= 4 is 40.1 Å². The molecule has 1 spiro atoms. The number of nitrogen functional groups attached to an aromatic ring is 1. The second-order valence-electron chi connectivity index (χ2n) is 22.4. The summed E-state index contributed by atoms with van der Waals surface area (Å²) in [5, 5.41) is 8.33. The van der Waals surface area contributed by atoms with Crippen LogP contribution < -0.4 is 20.7 Å². The monoisotopic (exact) mass is 1010 g/mol. The van der Waals surface area contributed by atoms with Crippen LogP contribution in [0.4, 0.5) is 23.0 Å². The molecule has 2 aliphatic rings. The number of benzene rings is 1. The second kappa shape index (κ2) is 34.1. The molecule has 3 aromatic heterocycles. The van der Waals surface area contributed by atoms with E-state index in [1.807, 2.05) is 35.0 Å². The maximum absolute atomic E-state index is 6.90. The number of pyridine rings is 1. The minimum absolute atomic E-state index is 0.161. The molecule has 6 rings (SSSR count). The molecule has 0 radical (unpaired) electrons. The van der Waals surface area contributed by atoms with Gasteiger partial charge in [-0.3, -0.25) is 4.90 Å². The summed E-state index contributed by atoms with van der Waals surface area (Å²) < 4.78 is 7.80. The number of likely N-dealkylation sites (N-methyl/N-ethyl adjacent to an activating group) is 1. The van der Waals surface area contributed by atoms with E-state index in [2.05, 4.69) is 38.3 Å². The van der Waals surface area contributed by atoms with Gasteiger partial charge < -0.3 is 20.7 Å². The SMILES string of the molecule is COc1cc(N2CC3(CCCCCCCCCCCCCCCCCCCCCCCCCCCCCCCCCCCCCCCCN3C)C2)c(N)cc1Nc1ncc(Cl)c(-c2cnn3ccccc23)n1. The summed E-state index contributed by atoms with van der Waals surface area (Å²) in [7, 11) is 4.10. The van der Waals surface area contributed by atoms with Crippen molar-refractivity contribution in [3.05, 3.63) is 53.9 Å². The van der Waals surface area contributed by atoms with Crippen LogP contribution in [0.3, 0.4) is 0 Å². The summed E-state index contributed by atoms with van der Waals surface area (Å²) in [6.07, 6.45) is 60.9. The molecular formula is C62H101ClN8O. The lowest BCUT2D eigenvalue weighted by Gasteiger charge is -2.56. The van der Waals surface area contributed by atoms with Crippen LogP contribution in [0.25, 0.3) is 16.8 Å². The Labute approximate surface area is 444 Å². The molecule has 5 heterocycles. The Morgan fingerprint density at radius 2 is 1.03 bits per heavy atom. The number of halogens is 1. The van der Waals surface area contributed by atoms with E-state index >= 15 is 0 Å². The van der Waals surface area contributed by atoms with Gasteiger partial charge in [-0.25, -0.2) is 14.5 Å². The van der Waals surface area contributed by atoms with Crippen molar-refractivity contribution in [2.24, 2.45) is 0 Å². The molecule has 0 aliphatic carbocycles. The lowest BCUT2D eigenvalue weighted by Crippen LogP contribution is -2.69. The van der Waals surface area contributed by atoms with Gasteiger partial charge in [0.1, 0.15) is 5.75 Å². The van der Waals surface area contributed by atoms with Crippen LogP contribution in [0.1, 0.15) is 250 Å². The first-order valence-corrected chi connectivity index (χ1v) is 30.5. The van der Waals surface area contributed by atoms with Crippen molar-refractivity contribution in [2.45, 2.75) is 256 Å². The number of anilines is 4. The first-order valence-electron chi connectivity index (χ1n) is 30.1. The van der Waals surface area contributed by atoms with Crippen molar-refractivity contribution in [1.29, 1.82) is 0 Å². The van der Waals surface area contributed by atoms with E-state index < -0.39 is 0 Å². The second-order valence-corrected chi connectivity index (χ2v) is 22.8. The van der Waals surface area contributed by atoms with Crippen LogP contribution in [0.2, 0.25) is 5.02 Å². The zero-order valence-electron chi connectivity index (χ0n) is 45.9. The summed E-state index contributed by atoms with van der Waals surface area (Å²) in [6.45, 7) is 3.12. The molecular weight excluding hydrogens is 908 g/mol. The Morgan fingerprint density at radius 3 is 1.49 bits per heavy atom. The van der Waals surface area contributed by atoms with Gasteiger partial charge in [0.15, 0.2) is 0 Å². The fourth-order valence-corrected chi connectivity index (χ4v) is 12.0. The van der Waals surface area contributed by atoms with Crippen LogP contribution in [-0.4, -0.2) is 63.8 Å². The van der Waals surface area contributed by atoms with Gasteiger partial charge in [-0.1, -0.05) is 255 Å². The molecule has 1 aromatic carbocycles. The van der Waals surface area contributed by atoms with Gasteiger partial charge in [0.2, 0.25) is 5.95 Å². The van der Waals surface area contributed by atoms with Crippen LogP contribution in [0.15, 0.2) is 48.9 Å². The maximum Gasteiger partial charge on any atom is 0.227 e. The normalized spacial score (nSPS) is 20.7. The summed E-state index contributed by atoms with van der Waals surface area (Å²) >= 11 is 6.65. The highest BCUT2D eigenvalue weighted by Crippen LogP contribution is 2.43. The van der Waals surface area contributed by atoms with E-state index in [1.165, 1.54) is 250 Å². The molecule has 72 heavy (non-hydrogen) atoms. The molecule has 0 atom stereocenters. The number of nitrogens with two attached hydrogens (primary N) is 1. The van der Waals surface area contributed by atoms with Crippen LogP contribution in [0, 0.1) is 0 Å². The number of hydrogen-bond acceptors (Lipinski definition) is 8. The van der Waals surface area contributed by atoms with E-state index in [-0.39, 0.29) is 5.54 Å². The van der Waals surface area contributed by atoms with Crippen molar-refractivity contribution in [3.8, 4) is 17.0 Å². The molecule has 0 unspecified atom stereocenters. The van der Waals surface area contributed by atoms with Gasteiger partial charge in [0.05, 0.1) is 58.3 Å². The molecule has 2 saturated heterocycles. The highest BCUT2D eigenvalue weighted by Gasteiger charge is 2.46. The number of rotatable bonds is 5. The third-order valence-electron chi connectivity index (χ3n) is 16.5. The summed E-state index contributed by atoms with van der Waals surface area (Å²) in [5.74, 6) is 1.11. The fourth-order valence-electron chi connectivity index (χ4n) is 11.8. The Kier molecular flexibility index (Phi) is 27.3. The van der Waals surface area contributed by atoms with E-state index in [1.54, 1.807) is 19.5 Å². The highest BCUT2D eigenvalue weighted by molar-refractivity contribution is 6.33. The Balaban J connectivity index is 0.962. The van der Waals surface area contributed by atoms with E-state index in [9.17, 15) is 0 Å². The van der Waals surface area contributed by atoms with Crippen molar-refractivity contribution in [3.63, 3.8) is 0 Å². The fraction of sp³-hybridized carbons (Fsp3) is 0.726. The molecule has 0 bridgehead atoms. The molecule has 2 fully saturated rings. The number of methoxy groups -OCH3 is 1. The molecule has 0 amide bonds. The van der Waals surface area contributed by atoms with Crippen molar-refractivity contribution < 1.29 is 4.74 Å². The maximum atomic E-state index is 6.90. The first kappa shape index (κ1) is 57.7. The summed E-state index contributed by atoms with van der Waals surface area (Å²) in [5.41, 5.74) is 11.9. The zero-order valence-corrected chi connectivity index (χ0v) is 46.6. The third-order valence-corrected chi connectivity index (χ3v) is 16.8. The number of nitrogens with one attached hydrogen (secondary N) is 1. The molecule has 3 N–H and O–H groups in total. The van der Waals surface area contributed by atoms with Crippen LogP contribution in [0.5, 0.6) is 5.75 Å². The molecule has 10 heteroatoms. The summed E-state index contributed by atoms with van der Waals surface area (Å²) in [4.78, 5) is 14.5. The topological polar surface area (TPSA) is 96.8 Å². The Hall–Kier alpha value is -3.56. The summed E-state index contributed by atoms with van der Waals surface area (Å²) in [6, 6.07) is 9.98. The number of aromatic nitrogens is 4. The number of hydrogen-bond donors (Lipinski definition) is 2. The largest absolute Gasteiger partial charge is 0.494 e. The molecule has 402 valence electrons. The number of fused-ring (bicyclic) bond motifs is 1. The predicted octanol–water partition coefficient (Wildman–Crippen LogP) is 18.5. The number of nitrogens with zero attached hydrogens (tertiary/aromatic N) is 6. The third kappa shape index (κ3) is 19.9. The highest BCUT2D eigenvalue weighted by atomic mass is 35.5. The minimum atomic E-state index is 0.161. The molecule has 2 aliphatic heterocycles. The van der Waals surface area contributed by atoms with Gasteiger partial charge in [0.25, 0.3) is 0 Å². The predicted molar refractivity (Wildman–Crippen MR) is 310 cm³/mol. The first-order chi connectivity index (χ1) is 35.5. The van der Waals surface area contributed by atoms with Crippen LogP contribution in [-0.2, 0) is 0 Å². The van der Waals surface area contributed by atoms with Gasteiger partial charge in [-0.15, -0.1) is 0 Å². The van der Waals surface area contributed by atoms with Gasteiger partial charge in [-0.05, 0) is 44.6 Å². The quantitative estimate of drug-likeness (QED) is 0.191. The van der Waals surface area contributed by atoms with E-state index in [4.69, 9.17) is 27.1 Å². The standard InChI is InChI=1S/C62H101ClN8O/c1-69-45-41-38-36-34-32-30-28-26-24-22-20-18-16-14-12-10-8-6-4-3-5-7-9-11-13-15-17-19-21-23-25-27-29-31-33-35-37-40-44-62(69)51-70(52-62)58-48-59(72-2)56(47-55(58)64)67-61-65-50-54(63)60(68-61)53-49-66-71-46-42-39-43-57(53)71/h39,42-43,46-50H,3-38,40-41,44-45,51-52,64H2,1-2H3,(H,65,67,68). The number of ether oxygens (including phenoxy) is 1. The minimum Gasteiger partial charge on any atom is -0.494 e. The lowest BCUT2D eigenvalue weighted by atomic mass is 9.81. The van der Waals surface area contributed by atoms with E-state index in [0.717, 1.165) is 36.4 Å².